The van der Waals surface area contributed by atoms with E-state index in [1.165, 1.54) is 16.9 Å². The summed E-state index contributed by atoms with van der Waals surface area (Å²) in [5, 5.41) is 19.2. The van der Waals surface area contributed by atoms with E-state index in [0.717, 1.165) is 19.5 Å². The number of carbonyl (C=O) groups is 2. The molecule has 0 unspecified atom stereocenters. The number of benzene rings is 2. The lowest BCUT2D eigenvalue weighted by molar-refractivity contribution is -0.134. The van der Waals surface area contributed by atoms with Gasteiger partial charge in [-0.2, -0.15) is 23.1 Å². The Morgan fingerprint density at radius 1 is 1.04 bits per heavy atom. The second kappa shape index (κ2) is 13.9. The van der Waals surface area contributed by atoms with Crippen molar-refractivity contribution in [3.8, 4) is 5.82 Å². The third-order valence-corrected chi connectivity index (χ3v) is 7.65. The predicted octanol–water partition coefficient (Wildman–Crippen LogP) is 5.72. The number of hydrogen-bond donors (Lipinski definition) is 1. The molecule has 0 fully saturated rings. The smallest absolute Gasteiger partial charge is 0.348 e. The number of nitrogens with zero attached hydrogens (tertiary/aromatic N) is 7. The van der Waals surface area contributed by atoms with Crippen molar-refractivity contribution in [2.24, 2.45) is 0 Å². The van der Waals surface area contributed by atoms with Crippen LogP contribution in [0.1, 0.15) is 55.5 Å². The van der Waals surface area contributed by atoms with Gasteiger partial charge in [-0.1, -0.05) is 41.9 Å². The van der Waals surface area contributed by atoms with Crippen LogP contribution in [0.5, 0.6) is 0 Å². The number of hydrogen-bond acceptors (Lipinski definition) is 7. The first-order valence-electron chi connectivity index (χ1n) is 13.6. The minimum absolute atomic E-state index is 0.0666. The quantitative estimate of drug-likeness (QED) is 0.136. The molecule has 0 spiro atoms. The first kappa shape index (κ1) is 32.2. The zero-order valence-electron chi connectivity index (χ0n) is 23.7. The first-order valence-corrected chi connectivity index (χ1v) is 15.1. The maximum Gasteiger partial charge on any atom is 0.389 e. The fourth-order valence-electron chi connectivity index (χ4n) is 4.58. The summed E-state index contributed by atoms with van der Waals surface area (Å²) in [5.41, 5.74) is 3.09. The van der Waals surface area contributed by atoms with Crippen LogP contribution in [0.15, 0.2) is 66.9 Å². The van der Waals surface area contributed by atoms with Crippen LogP contribution in [-0.2, 0) is 25.9 Å². The molecule has 5 aromatic rings. The summed E-state index contributed by atoms with van der Waals surface area (Å²) >= 11 is 8.54. The number of aromatic nitrogens is 7. The number of ketones is 1. The highest BCUT2D eigenvalue weighted by atomic mass is 127. The van der Waals surface area contributed by atoms with Gasteiger partial charge in [0.05, 0.1) is 17.1 Å². The van der Waals surface area contributed by atoms with E-state index in [1.807, 2.05) is 43.3 Å². The van der Waals surface area contributed by atoms with Crippen LogP contribution in [0, 0.1) is 10.5 Å². The summed E-state index contributed by atoms with van der Waals surface area (Å²) in [5.74, 6) is -0.549. The van der Waals surface area contributed by atoms with Crippen molar-refractivity contribution in [1.82, 2.24) is 40.3 Å². The molecule has 0 bridgehead atoms. The van der Waals surface area contributed by atoms with Gasteiger partial charge in [0.2, 0.25) is 0 Å². The Hall–Kier alpha value is -4.18. The maximum atomic E-state index is 13.9. The van der Waals surface area contributed by atoms with Gasteiger partial charge in [0.15, 0.2) is 17.4 Å². The molecule has 232 valence electrons. The fraction of sp³-hybridized carbons (Fsp3) is 0.233. The first-order chi connectivity index (χ1) is 21.5. The summed E-state index contributed by atoms with van der Waals surface area (Å²) < 4.78 is 40.0. The Morgan fingerprint density at radius 3 is 2.56 bits per heavy atom. The van der Waals surface area contributed by atoms with E-state index in [2.05, 4.69) is 53.4 Å². The number of aryl methyl sites for hydroxylation is 2. The predicted molar refractivity (Wildman–Crippen MR) is 167 cm³/mol. The molecule has 5 rings (SSSR count). The normalized spacial score (nSPS) is 11.5. The van der Waals surface area contributed by atoms with Gasteiger partial charge in [0, 0.05) is 34.7 Å². The van der Waals surface area contributed by atoms with Gasteiger partial charge in [-0.3, -0.25) is 9.59 Å². The molecule has 1 N–H and O–H groups in total. The van der Waals surface area contributed by atoms with Gasteiger partial charge in [0.25, 0.3) is 5.91 Å². The van der Waals surface area contributed by atoms with E-state index >= 15 is 0 Å². The zero-order chi connectivity index (χ0) is 32.1. The number of halogens is 5. The molecule has 45 heavy (non-hydrogen) atoms. The molecule has 0 saturated heterocycles. The van der Waals surface area contributed by atoms with Crippen molar-refractivity contribution >= 4 is 45.9 Å². The van der Waals surface area contributed by atoms with Crippen molar-refractivity contribution in [1.29, 1.82) is 0 Å². The number of Topliss-reactive ketones (excluding diaryl/α,β-unsaturated/α-hetero) is 1. The minimum Gasteiger partial charge on any atom is -0.348 e. The van der Waals surface area contributed by atoms with Crippen LogP contribution in [0.4, 0.5) is 13.2 Å². The van der Waals surface area contributed by atoms with E-state index in [0.29, 0.717) is 23.4 Å². The molecule has 0 saturated carbocycles. The Morgan fingerprint density at radius 2 is 1.82 bits per heavy atom. The fourth-order valence-corrected chi connectivity index (χ4v) is 5.56. The number of nitrogens with one attached hydrogen (secondary N) is 1. The lowest BCUT2D eigenvalue weighted by Crippen LogP contribution is -2.25. The highest BCUT2D eigenvalue weighted by Crippen LogP contribution is 2.25. The lowest BCUT2D eigenvalue weighted by Gasteiger charge is -2.14. The molecule has 3 heterocycles. The minimum atomic E-state index is -4.35. The second-order valence-electron chi connectivity index (χ2n) is 10.1. The largest absolute Gasteiger partial charge is 0.389 e. The summed E-state index contributed by atoms with van der Waals surface area (Å²) in [4.78, 5) is 32.7. The molecule has 0 atom stereocenters. The molecule has 0 aliphatic rings. The van der Waals surface area contributed by atoms with Gasteiger partial charge < -0.3 is 5.32 Å². The average Bonchev–Trinajstić information content (AvgIpc) is 3.63. The van der Waals surface area contributed by atoms with E-state index in [1.54, 1.807) is 18.2 Å². The van der Waals surface area contributed by atoms with Crippen molar-refractivity contribution in [2.75, 3.05) is 0 Å². The summed E-state index contributed by atoms with van der Waals surface area (Å²) in [7, 11) is 0. The van der Waals surface area contributed by atoms with E-state index < -0.39 is 19.0 Å². The zero-order valence-corrected chi connectivity index (χ0v) is 26.6. The van der Waals surface area contributed by atoms with Crippen LogP contribution in [0.25, 0.3) is 5.82 Å². The molecule has 0 aliphatic carbocycles. The molecule has 1 amide bonds. The average molecular weight is 749 g/mol. The number of rotatable bonds is 11. The summed E-state index contributed by atoms with van der Waals surface area (Å²) in [6.45, 7) is 2.08. The number of carbonyl (C=O) groups excluding carboxylic acids is 2. The highest BCUT2D eigenvalue weighted by Gasteiger charge is 2.28. The second-order valence-corrected chi connectivity index (χ2v) is 11.8. The molecule has 3 aromatic heterocycles. The third kappa shape index (κ3) is 8.30. The molecule has 0 radical (unpaired) electrons. The standard InChI is InChI=1S/C30H25ClF3IN8O2/c1-18-12-20(35)13-23(29(45)37-16-19-6-3-2-4-7-19)22(18)15-26(44)25-14-21(39-43(25)28-24(31)8-5-11-36-28)17-42-40-27(38-41-42)9-10-30(32,33)34/h2-8,11-14H,9-10,15-17H2,1H3,(H,37,45). The Labute approximate surface area is 274 Å². The van der Waals surface area contributed by atoms with Gasteiger partial charge in [-0.25, -0.2) is 9.67 Å². The third-order valence-electron chi connectivity index (χ3n) is 6.73. The van der Waals surface area contributed by atoms with Crippen LogP contribution >= 0.6 is 34.2 Å². The molecule has 0 aliphatic heterocycles. The van der Waals surface area contributed by atoms with Gasteiger partial charge in [-0.15, -0.1) is 10.2 Å². The Balaban J connectivity index is 1.43. The highest BCUT2D eigenvalue weighted by molar-refractivity contribution is 14.1. The van der Waals surface area contributed by atoms with Crippen LogP contribution in [-0.4, -0.2) is 52.8 Å². The topological polar surface area (TPSA) is 120 Å². The van der Waals surface area contributed by atoms with Gasteiger partial charge in [-0.05, 0) is 81.8 Å². The van der Waals surface area contributed by atoms with Crippen LogP contribution in [0.2, 0.25) is 5.02 Å². The van der Waals surface area contributed by atoms with E-state index in [9.17, 15) is 22.8 Å². The van der Waals surface area contributed by atoms with E-state index in [-0.39, 0.29) is 47.0 Å². The van der Waals surface area contributed by atoms with Gasteiger partial charge >= 0.3 is 6.18 Å². The molecular weight excluding hydrogens is 724 g/mol. The Bertz CT molecular complexity index is 1840. The number of alkyl halides is 3. The number of amides is 1. The molecule has 10 nitrogen and oxygen atoms in total. The lowest BCUT2D eigenvalue weighted by atomic mass is 9.95. The van der Waals surface area contributed by atoms with Crippen LogP contribution in [0.3, 0.4) is 0 Å². The molecule has 2 aromatic carbocycles. The summed E-state index contributed by atoms with van der Waals surface area (Å²) in [6.07, 6.45) is -4.47. The van der Waals surface area contributed by atoms with Crippen LogP contribution < -0.4 is 5.32 Å². The molecular formula is C30H25ClF3IN8O2. The monoisotopic (exact) mass is 748 g/mol. The maximum absolute atomic E-state index is 13.9. The molecule has 15 heteroatoms. The SMILES string of the molecule is Cc1cc(I)cc(C(=O)NCc2ccccc2)c1CC(=O)c1cc(Cn2nnc(CCC(F)(F)F)n2)nn1-c1ncccc1Cl. The van der Waals surface area contributed by atoms with Crippen molar-refractivity contribution in [3.05, 3.63) is 115 Å². The van der Waals surface area contributed by atoms with Crippen molar-refractivity contribution in [3.63, 3.8) is 0 Å². The number of pyridine rings is 1. The van der Waals surface area contributed by atoms with E-state index in [4.69, 9.17) is 11.6 Å². The van der Waals surface area contributed by atoms with Gasteiger partial charge in [0.1, 0.15) is 12.2 Å². The van der Waals surface area contributed by atoms with Crippen molar-refractivity contribution in [2.45, 2.75) is 45.5 Å². The van der Waals surface area contributed by atoms with Crippen molar-refractivity contribution < 1.29 is 22.8 Å². The summed E-state index contributed by atoms with van der Waals surface area (Å²) in [6, 6.07) is 17.9. The number of tetrazole rings is 1. The Kier molecular flexibility index (Phi) is 9.92.